The van der Waals surface area contributed by atoms with E-state index in [0.29, 0.717) is 18.7 Å². The van der Waals surface area contributed by atoms with Crippen molar-refractivity contribution in [3.05, 3.63) is 60.2 Å². The minimum atomic E-state index is -3.26. The first-order valence-electron chi connectivity index (χ1n) is 8.48. The molecule has 1 heterocycles. The first-order chi connectivity index (χ1) is 12.1. The number of nitrogens with one attached hydrogen (secondary N) is 1. The number of hydrogen-bond donors (Lipinski definition) is 1. The Bertz CT molecular complexity index is 812. The number of carbonyl (C=O) groups is 1. The summed E-state index contributed by atoms with van der Waals surface area (Å²) >= 11 is 0. The van der Waals surface area contributed by atoms with Crippen LogP contribution in [0, 0.1) is 0 Å². The fraction of sp³-hybridized carbons (Fsp3) is 0.316. The lowest BCUT2D eigenvalue weighted by Gasteiger charge is -2.15. The summed E-state index contributed by atoms with van der Waals surface area (Å²) < 4.78 is 25.8. The summed E-state index contributed by atoms with van der Waals surface area (Å²) in [7, 11) is -3.26. The van der Waals surface area contributed by atoms with E-state index in [9.17, 15) is 13.2 Å². The van der Waals surface area contributed by atoms with Crippen LogP contribution in [0.4, 0.5) is 0 Å². The predicted octanol–water partition coefficient (Wildman–Crippen LogP) is 2.51. The Morgan fingerprint density at radius 3 is 2.16 bits per heavy atom. The van der Waals surface area contributed by atoms with Gasteiger partial charge in [0.1, 0.15) is 0 Å². The highest BCUT2D eigenvalue weighted by Crippen LogP contribution is 2.19. The Morgan fingerprint density at radius 2 is 1.52 bits per heavy atom. The Kier molecular flexibility index (Phi) is 5.50. The first kappa shape index (κ1) is 17.6. The van der Waals surface area contributed by atoms with Crippen LogP contribution in [0.15, 0.2) is 54.6 Å². The lowest BCUT2D eigenvalue weighted by atomic mass is 10.0. The third kappa shape index (κ3) is 4.46. The van der Waals surface area contributed by atoms with Gasteiger partial charge in [-0.25, -0.2) is 12.7 Å². The molecule has 2 aromatic rings. The molecule has 0 aromatic heterocycles. The van der Waals surface area contributed by atoms with Crippen molar-refractivity contribution in [1.82, 2.24) is 9.62 Å². The highest BCUT2D eigenvalue weighted by Gasteiger charge is 2.24. The highest BCUT2D eigenvalue weighted by molar-refractivity contribution is 7.89. The molecule has 1 fully saturated rings. The molecule has 132 valence electrons. The molecule has 0 bridgehead atoms. The lowest BCUT2D eigenvalue weighted by Crippen LogP contribution is -2.36. The van der Waals surface area contributed by atoms with Crippen LogP contribution in [-0.2, 0) is 10.0 Å². The maximum atomic E-state index is 12.2. The number of rotatable bonds is 6. The van der Waals surface area contributed by atoms with Gasteiger partial charge in [-0.05, 0) is 36.1 Å². The molecular formula is C19H22N2O3S. The van der Waals surface area contributed by atoms with Gasteiger partial charge in [-0.2, -0.15) is 0 Å². The molecule has 3 rings (SSSR count). The van der Waals surface area contributed by atoms with Crippen molar-refractivity contribution < 1.29 is 13.2 Å². The molecule has 0 atom stereocenters. The van der Waals surface area contributed by atoms with Crippen molar-refractivity contribution in [2.45, 2.75) is 12.8 Å². The average Bonchev–Trinajstić information content (AvgIpc) is 3.18. The highest BCUT2D eigenvalue weighted by atomic mass is 32.2. The topological polar surface area (TPSA) is 66.5 Å². The van der Waals surface area contributed by atoms with Gasteiger partial charge in [-0.3, -0.25) is 4.79 Å². The molecule has 0 aliphatic carbocycles. The van der Waals surface area contributed by atoms with Crippen molar-refractivity contribution in [3.63, 3.8) is 0 Å². The molecule has 1 aliphatic rings. The molecule has 0 saturated carbocycles. The monoisotopic (exact) mass is 358 g/mol. The fourth-order valence-electron chi connectivity index (χ4n) is 2.94. The van der Waals surface area contributed by atoms with Gasteiger partial charge in [0.05, 0.1) is 5.75 Å². The van der Waals surface area contributed by atoms with Gasteiger partial charge in [-0.15, -0.1) is 0 Å². The Labute approximate surface area is 148 Å². The maximum absolute atomic E-state index is 12.2. The van der Waals surface area contributed by atoms with E-state index in [1.54, 1.807) is 12.1 Å². The Balaban J connectivity index is 1.55. The van der Waals surface area contributed by atoms with Gasteiger partial charge in [0.15, 0.2) is 0 Å². The summed E-state index contributed by atoms with van der Waals surface area (Å²) in [6.07, 6.45) is 1.83. The maximum Gasteiger partial charge on any atom is 0.251 e. The van der Waals surface area contributed by atoms with E-state index in [4.69, 9.17) is 0 Å². The second-order valence-electron chi connectivity index (χ2n) is 6.12. The quantitative estimate of drug-likeness (QED) is 0.863. The Morgan fingerprint density at radius 1 is 0.920 bits per heavy atom. The van der Waals surface area contributed by atoms with Crippen molar-refractivity contribution in [1.29, 1.82) is 0 Å². The molecular weight excluding hydrogens is 336 g/mol. The first-order valence-corrected chi connectivity index (χ1v) is 10.1. The van der Waals surface area contributed by atoms with E-state index in [-0.39, 0.29) is 18.2 Å². The molecule has 1 N–H and O–H groups in total. The fourth-order valence-corrected chi connectivity index (χ4v) is 4.37. The molecule has 5 nitrogen and oxygen atoms in total. The number of nitrogens with zero attached hydrogens (tertiary/aromatic N) is 1. The minimum absolute atomic E-state index is 0.0547. The van der Waals surface area contributed by atoms with Crippen LogP contribution >= 0.6 is 0 Å². The van der Waals surface area contributed by atoms with E-state index in [1.165, 1.54) is 4.31 Å². The Hall–Kier alpha value is -2.18. The van der Waals surface area contributed by atoms with Crippen molar-refractivity contribution in [3.8, 4) is 11.1 Å². The van der Waals surface area contributed by atoms with Gasteiger partial charge in [0, 0.05) is 25.2 Å². The number of benzene rings is 2. The SMILES string of the molecule is O=C(NCCS(=O)(=O)N1CCCC1)c1ccc(-c2ccccc2)cc1. The van der Waals surface area contributed by atoms with Crippen molar-refractivity contribution >= 4 is 15.9 Å². The zero-order valence-electron chi connectivity index (χ0n) is 14.0. The van der Waals surface area contributed by atoms with E-state index >= 15 is 0 Å². The largest absolute Gasteiger partial charge is 0.351 e. The molecule has 1 saturated heterocycles. The van der Waals surface area contributed by atoms with Crippen LogP contribution in [0.3, 0.4) is 0 Å². The summed E-state index contributed by atoms with van der Waals surface area (Å²) in [5.74, 6) is -0.308. The zero-order valence-corrected chi connectivity index (χ0v) is 14.8. The molecule has 1 aliphatic heterocycles. The van der Waals surface area contributed by atoms with Gasteiger partial charge in [0.25, 0.3) is 5.91 Å². The second kappa shape index (κ2) is 7.80. The van der Waals surface area contributed by atoms with Gasteiger partial charge < -0.3 is 5.32 Å². The molecule has 0 radical (unpaired) electrons. The molecule has 2 aromatic carbocycles. The number of hydrogen-bond acceptors (Lipinski definition) is 3. The molecule has 6 heteroatoms. The molecule has 0 spiro atoms. The number of amides is 1. The molecule has 1 amide bonds. The van der Waals surface area contributed by atoms with E-state index in [1.807, 2.05) is 42.5 Å². The predicted molar refractivity (Wildman–Crippen MR) is 98.8 cm³/mol. The van der Waals surface area contributed by atoms with E-state index < -0.39 is 10.0 Å². The molecule has 0 unspecified atom stereocenters. The van der Waals surface area contributed by atoms with Crippen LogP contribution in [0.25, 0.3) is 11.1 Å². The van der Waals surface area contributed by atoms with Crippen LogP contribution in [0.5, 0.6) is 0 Å². The van der Waals surface area contributed by atoms with Crippen molar-refractivity contribution in [2.24, 2.45) is 0 Å². The number of sulfonamides is 1. The minimum Gasteiger partial charge on any atom is -0.351 e. The van der Waals surface area contributed by atoms with Gasteiger partial charge >= 0.3 is 0 Å². The standard InChI is InChI=1S/C19H22N2O3S/c22-19(20-12-15-25(23,24)21-13-4-5-14-21)18-10-8-17(9-11-18)16-6-2-1-3-7-16/h1-3,6-11H,4-5,12-15H2,(H,20,22). The van der Waals surface area contributed by atoms with E-state index in [2.05, 4.69) is 5.32 Å². The third-order valence-corrected chi connectivity index (χ3v) is 6.23. The van der Waals surface area contributed by atoms with Crippen LogP contribution in [-0.4, -0.2) is 44.0 Å². The normalized spacial score (nSPS) is 15.2. The summed E-state index contributed by atoms with van der Waals surface area (Å²) in [6, 6.07) is 17.2. The third-order valence-electron chi connectivity index (χ3n) is 4.36. The van der Waals surface area contributed by atoms with E-state index in [0.717, 1.165) is 24.0 Å². The smallest absolute Gasteiger partial charge is 0.251 e. The van der Waals surface area contributed by atoms with Crippen LogP contribution in [0.1, 0.15) is 23.2 Å². The van der Waals surface area contributed by atoms with Gasteiger partial charge in [0.2, 0.25) is 10.0 Å². The van der Waals surface area contributed by atoms with Gasteiger partial charge in [-0.1, -0.05) is 42.5 Å². The second-order valence-corrected chi connectivity index (χ2v) is 8.21. The lowest BCUT2D eigenvalue weighted by molar-refractivity contribution is 0.0956. The van der Waals surface area contributed by atoms with Crippen LogP contribution < -0.4 is 5.32 Å². The summed E-state index contributed by atoms with van der Waals surface area (Å²) in [6.45, 7) is 1.31. The average molecular weight is 358 g/mol. The van der Waals surface area contributed by atoms with Crippen molar-refractivity contribution in [2.75, 3.05) is 25.4 Å². The number of carbonyl (C=O) groups excluding carboxylic acids is 1. The molecule has 25 heavy (non-hydrogen) atoms. The summed E-state index contributed by atoms with van der Waals surface area (Å²) in [4.78, 5) is 12.2. The summed E-state index contributed by atoms with van der Waals surface area (Å²) in [5.41, 5.74) is 2.65. The van der Waals surface area contributed by atoms with Crippen LogP contribution in [0.2, 0.25) is 0 Å². The summed E-state index contributed by atoms with van der Waals surface area (Å²) in [5, 5.41) is 2.69. The zero-order chi connectivity index (χ0) is 17.7.